The number of nitrogens with two attached hydrogens (primary N) is 1. The predicted octanol–water partition coefficient (Wildman–Crippen LogP) is 2.37. The first-order valence-corrected chi connectivity index (χ1v) is 5.54. The van der Waals surface area contributed by atoms with E-state index in [0.717, 1.165) is 6.42 Å². The molecule has 16 heavy (non-hydrogen) atoms. The van der Waals surface area contributed by atoms with Crippen molar-refractivity contribution in [1.82, 2.24) is 4.98 Å². The fourth-order valence-corrected chi connectivity index (χ4v) is 1.87. The smallest absolute Gasteiger partial charge is 0.0270 e. The summed E-state index contributed by atoms with van der Waals surface area (Å²) in [7, 11) is 0. The van der Waals surface area contributed by atoms with Crippen molar-refractivity contribution in [3.8, 4) is 0 Å². The van der Waals surface area contributed by atoms with E-state index < -0.39 is 0 Å². The van der Waals surface area contributed by atoms with Gasteiger partial charge in [-0.15, -0.1) is 0 Å². The molecule has 2 rings (SSSR count). The van der Waals surface area contributed by atoms with Crippen molar-refractivity contribution in [2.24, 2.45) is 5.73 Å². The summed E-state index contributed by atoms with van der Waals surface area (Å²) < 4.78 is 0. The highest BCUT2D eigenvalue weighted by molar-refractivity contribution is 5.22. The van der Waals surface area contributed by atoms with Gasteiger partial charge in [-0.1, -0.05) is 30.3 Å². The van der Waals surface area contributed by atoms with Gasteiger partial charge in [-0.3, -0.25) is 4.98 Å². The number of nitrogens with zero attached hydrogens (tertiary/aromatic N) is 1. The van der Waals surface area contributed by atoms with E-state index in [1.165, 1.54) is 11.1 Å². The van der Waals surface area contributed by atoms with Crippen LogP contribution < -0.4 is 5.73 Å². The molecular weight excluding hydrogens is 196 g/mol. The van der Waals surface area contributed by atoms with Gasteiger partial charge in [-0.05, 0) is 36.2 Å². The number of pyridine rings is 1. The van der Waals surface area contributed by atoms with Crippen LogP contribution in [0.25, 0.3) is 0 Å². The fraction of sp³-hybridized carbons (Fsp3) is 0.214. The van der Waals surface area contributed by atoms with Crippen molar-refractivity contribution in [1.29, 1.82) is 0 Å². The second-order valence-corrected chi connectivity index (χ2v) is 3.90. The molecule has 0 fully saturated rings. The lowest BCUT2D eigenvalue weighted by molar-refractivity contribution is 0.693. The summed E-state index contributed by atoms with van der Waals surface area (Å²) in [6.07, 6.45) is 4.63. The van der Waals surface area contributed by atoms with E-state index in [0.29, 0.717) is 12.5 Å². The molecule has 1 aromatic carbocycles. The summed E-state index contributed by atoms with van der Waals surface area (Å²) in [5.41, 5.74) is 8.43. The maximum Gasteiger partial charge on any atom is 0.0270 e. The first-order valence-electron chi connectivity index (χ1n) is 5.54. The van der Waals surface area contributed by atoms with E-state index in [1.54, 1.807) is 0 Å². The number of hydrogen-bond donors (Lipinski definition) is 1. The van der Waals surface area contributed by atoms with E-state index in [1.807, 2.05) is 30.6 Å². The molecule has 2 nitrogen and oxygen atoms in total. The third-order valence-electron chi connectivity index (χ3n) is 2.79. The molecule has 0 aliphatic rings. The van der Waals surface area contributed by atoms with Gasteiger partial charge >= 0.3 is 0 Å². The lowest BCUT2D eigenvalue weighted by Crippen LogP contribution is -2.15. The number of benzene rings is 1. The summed E-state index contributed by atoms with van der Waals surface area (Å²) in [5, 5.41) is 0. The summed E-state index contributed by atoms with van der Waals surface area (Å²) in [6.45, 7) is 0.666. The lowest BCUT2D eigenvalue weighted by Gasteiger charge is -2.14. The molecule has 0 aliphatic heterocycles. The summed E-state index contributed by atoms with van der Waals surface area (Å²) in [5.74, 6) is 0.380. The molecule has 2 N–H and O–H groups in total. The van der Waals surface area contributed by atoms with Gasteiger partial charge in [-0.25, -0.2) is 0 Å². The highest BCUT2D eigenvalue weighted by Crippen LogP contribution is 2.18. The van der Waals surface area contributed by atoms with Crippen LogP contribution in [0.3, 0.4) is 0 Å². The van der Waals surface area contributed by atoms with Gasteiger partial charge < -0.3 is 5.73 Å². The minimum absolute atomic E-state index is 0.380. The molecule has 1 heterocycles. The number of rotatable bonds is 4. The van der Waals surface area contributed by atoms with Crippen LogP contribution in [0.5, 0.6) is 0 Å². The van der Waals surface area contributed by atoms with Gasteiger partial charge in [0.15, 0.2) is 0 Å². The molecule has 82 valence electrons. The largest absolute Gasteiger partial charge is 0.330 e. The molecule has 0 bridgehead atoms. The molecule has 2 aromatic rings. The van der Waals surface area contributed by atoms with Gasteiger partial charge in [0.2, 0.25) is 0 Å². The van der Waals surface area contributed by atoms with Crippen molar-refractivity contribution in [2.45, 2.75) is 12.3 Å². The van der Waals surface area contributed by atoms with Crippen LogP contribution in [-0.4, -0.2) is 11.5 Å². The van der Waals surface area contributed by atoms with E-state index in [2.05, 4.69) is 29.2 Å². The Kier molecular flexibility index (Phi) is 3.67. The Bertz CT molecular complexity index is 411. The van der Waals surface area contributed by atoms with Crippen molar-refractivity contribution >= 4 is 0 Å². The maximum absolute atomic E-state index is 5.83. The number of hydrogen-bond acceptors (Lipinski definition) is 2. The minimum Gasteiger partial charge on any atom is -0.330 e. The van der Waals surface area contributed by atoms with E-state index in [4.69, 9.17) is 5.73 Å². The van der Waals surface area contributed by atoms with E-state index in [-0.39, 0.29) is 0 Å². The Morgan fingerprint density at radius 1 is 1.00 bits per heavy atom. The summed E-state index contributed by atoms with van der Waals surface area (Å²) in [4.78, 5) is 4.03. The molecule has 1 atom stereocenters. The van der Waals surface area contributed by atoms with Crippen molar-refractivity contribution in [3.63, 3.8) is 0 Å². The molecule has 2 heteroatoms. The Balaban J connectivity index is 2.13. The van der Waals surface area contributed by atoms with Crippen LogP contribution in [0.1, 0.15) is 17.0 Å². The molecule has 0 amide bonds. The van der Waals surface area contributed by atoms with Gasteiger partial charge in [0.1, 0.15) is 0 Å². The Labute approximate surface area is 96.1 Å². The Morgan fingerprint density at radius 2 is 1.69 bits per heavy atom. The van der Waals surface area contributed by atoms with Gasteiger partial charge in [0.05, 0.1) is 0 Å². The van der Waals surface area contributed by atoms with Crippen molar-refractivity contribution < 1.29 is 0 Å². The minimum atomic E-state index is 0.380. The zero-order valence-electron chi connectivity index (χ0n) is 9.21. The third kappa shape index (κ3) is 2.67. The second kappa shape index (κ2) is 5.42. The summed E-state index contributed by atoms with van der Waals surface area (Å²) >= 11 is 0. The highest BCUT2D eigenvalue weighted by Gasteiger charge is 2.09. The van der Waals surface area contributed by atoms with E-state index in [9.17, 15) is 0 Å². The van der Waals surface area contributed by atoms with Crippen LogP contribution in [0, 0.1) is 0 Å². The van der Waals surface area contributed by atoms with Gasteiger partial charge in [0, 0.05) is 18.3 Å². The van der Waals surface area contributed by atoms with Crippen molar-refractivity contribution in [2.75, 3.05) is 6.54 Å². The Hall–Kier alpha value is -1.67. The van der Waals surface area contributed by atoms with Crippen LogP contribution >= 0.6 is 0 Å². The average Bonchev–Trinajstić information content (AvgIpc) is 2.38. The first kappa shape index (κ1) is 10.8. The van der Waals surface area contributed by atoms with Crippen LogP contribution in [-0.2, 0) is 6.42 Å². The topological polar surface area (TPSA) is 38.9 Å². The maximum atomic E-state index is 5.83. The molecule has 0 unspecified atom stereocenters. The Morgan fingerprint density at radius 3 is 2.31 bits per heavy atom. The summed E-state index contributed by atoms with van der Waals surface area (Å²) in [6, 6.07) is 14.5. The molecule has 0 saturated heterocycles. The fourth-order valence-electron chi connectivity index (χ4n) is 1.87. The SMILES string of the molecule is NC[C@@H](Cc1ccccc1)c1ccncc1. The van der Waals surface area contributed by atoms with Crippen LogP contribution in [0.2, 0.25) is 0 Å². The van der Waals surface area contributed by atoms with E-state index >= 15 is 0 Å². The molecule has 0 aliphatic carbocycles. The van der Waals surface area contributed by atoms with Gasteiger partial charge in [-0.2, -0.15) is 0 Å². The normalized spacial score (nSPS) is 12.3. The molecular formula is C14H16N2. The zero-order chi connectivity index (χ0) is 11.2. The molecule has 1 aromatic heterocycles. The standard InChI is InChI=1S/C14H16N2/c15-11-14(13-6-8-16-9-7-13)10-12-4-2-1-3-5-12/h1-9,14H,10-11,15H2/t14-/m1/s1. The number of aromatic nitrogens is 1. The van der Waals surface area contributed by atoms with Crippen LogP contribution in [0.15, 0.2) is 54.9 Å². The molecule has 0 spiro atoms. The van der Waals surface area contributed by atoms with Crippen LogP contribution in [0.4, 0.5) is 0 Å². The average molecular weight is 212 g/mol. The lowest BCUT2D eigenvalue weighted by atomic mass is 9.93. The predicted molar refractivity (Wildman–Crippen MR) is 66.2 cm³/mol. The first-order chi connectivity index (χ1) is 7.90. The van der Waals surface area contributed by atoms with Gasteiger partial charge in [0.25, 0.3) is 0 Å². The molecule has 0 saturated carbocycles. The van der Waals surface area contributed by atoms with Crippen molar-refractivity contribution in [3.05, 3.63) is 66.0 Å². The zero-order valence-corrected chi connectivity index (χ0v) is 9.21. The highest BCUT2D eigenvalue weighted by atomic mass is 14.6. The quantitative estimate of drug-likeness (QED) is 0.845. The molecule has 0 radical (unpaired) electrons. The third-order valence-corrected chi connectivity index (χ3v) is 2.79. The second-order valence-electron chi connectivity index (χ2n) is 3.90. The monoisotopic (exact) mass is 212 g/mol.